The van der Waals surface area contributed by atoms with E-state index in [-0.39, 0.29) is 5.56 Å². The number of pyridine rings is 1. The van der Waals surface area contributed by atoms with Gasteiger partial charge in [-0.2, -0.15) is 0 Å². The predicted molar refractivity (Wildman–Crippen MR) is 47.0 cm³/mol. The molecule has 4 nitrogen and oxygen atoms in total. The average molecular weight is 271 g/mol. The molecule has 1 aromatic rings. The summed E-state index contributed by atoms with van der Waals surface area (Å²) in [5.74, 6) is -4.49. The molecule has 1 N–H and O–H groups in total. The van der Waals surface area contributed by atoms with Gasteiger partial charge in [-0.25, -0.2) is 13.8 Å². The number of aliphatic carboxylic acids is 1. The Morgan fingerprint density at radius 1 is 1.44 bits per heavy atom. The Morgan fingerprint density at radius 2 is 2.06 bits per heavy atom. The molecule has 0 saturated heterocycles. The van der Waals surface area contributed by atoms with Crippen molar-refractivity contribution in [3.05, 3.63) is 23.1 Å². The van der Waals surface area contributed by atoms with Gasteiger partial charge in [0.15, 0.2) is 5.82 Å². The molecule has 0 aliphatic heterocycles. The Labute approximate surface area is 97.0 Å². The number of rotatable bonds is 4. The second-order valence-electron chi connectivity index (χ2n) is 3.13. The first-order valence-electron chi connectivity index (χ1n) is 4.44. The summed E-state index contributed by atoms with van der Waals surface area (Å²) in [4.78, 5) is 13.4. The molecule has 1 heterocycles. The molecule has 18 heavy (non-hydrogen) atoms. The monoisotopic (exact) mass is 271 g/mol. The topological polar surface area (TPSA) is 59.4 Å². The average Bonchev–Trinajstić information content (AvgIpc) is 2.20. The molecule has 100 valence electrons. The van der Waals surface area contributed by atoms with Crippen LogP contribution in [0.25, 0.3) is 0 Å². The summed E-state index contributed by atoms with van der Waals surface area (Å²) >= 11 is 0. The highest BCUT2D eigenvalue weighted by molar-refractivity contribution is 5.70. The van der Waals surface area contributed by atoms with E-state index in [0.717, 1.165) is 0 Å². The summed E-state index contributed by atoms with van der Waals surface area (Å²) in [6.45, 7) is -1.47. The van der Waals surface area contributed by atoms with E-state index in [1.54, 1.807) is 0 Å². The Hall–Kier alpha value is -1.93. The maximum Gasteiger partial charge on any atom is 0.574 e. The summed E-state index contributed by atoms with van der Waals surface area (Å²) in [5, 5.41) is 8.45. The zero-order valence-corrected chi connectivity index (χ0v) is 8.59. The van der Waals surface area contributed by atoms with Crippen LogP contribution in [0.3, 0.4) is 0 Å². The molecule has 0 aliphatic rings. The van der Waals surface area contributed by atoms with Gasteiger partial charge in [-0.05, 0) is 5.56 Å². The van der Waals surface area contributed by atoms with Crippen molar-refractivity contribution in [2.45, 2.75) is 19.5 Å². The van der Waals surface area contributed by atoms with Crippen LogP contribution in [-0.2, 0) is 17.9 Å². The molecule has 0 unspecified atom stereocenters. The minimum atomic E-state index is -5.17. The first-order valence-corrected chi connectivity index (χ1v) is 4.44. The van der Waals surface area contributed by atoms with Crippen molar-refractivity contribution in [2.75, 3.05) is 0 Å². The number of alkyl halides is 4. The van der Waals surface area contributed by atoms with E-state index in [9.17, 15) is 26.7 Å². The largest absolute Gasteiger partial charge is 0.574 e. The van der Waals surface area contributed by atoms with E-state index in [0.29, 0.717) is 6.20 Å². The minimum absolute atomic E-state index is 0.350. The SMILES string of the molecule is O=C(O)Cc1cnc(OC(F)(F)F)c(F)c1CF. The van der Waals surface area contributed by atoms with Gasteiger partial charge in [0.1, 0.15) is 6.67 Å². The number of carboxylic acids is 1. The third-order valence-corrected chi connectivity index (χ3v) is 1.87. The van der Waals surface area contributed by atoms with Gasteiger partial charge in [-0.3, -0.25) is 4.79 Å². The number of nitrogens with zero attached hydrogens (tertiary/aromatic N) is 1. The highest BCUT2D eigenvalue weighted by atomic mass is 19.4. The molecular formula is C9H6F5NO3. The fraction of sp³-hybridized carbons (Fsp3) is 0.333. The van der Waals surface area contributed by atoms with Crippen molar-refractivity contribution in [2.24, 2.45) is 0 Å². The van der Waals surface area contributed by atoms with Gasteiger partial charge in [0.25, 0.3) is 5.88 Å². The van der Waals surface area contributed by atoms with Crippen molar-refractivity contribution < 1.29 is 36.6 Å². The van der Waals surface area contributed by atoms with Crippen LogP contribution in [0.5, 0.6) is 5.88 Å². The lowest BCUT2D eigenvalue weighted by Crippen LogP contribution is -2.20. The lowest BCUT2D eigenvalue weighted by atomic mass is 10.1. The van der Waals surface area contributed by atoms with Crippen LogP contribution in [0.2, 0.25) is 0 Å². The fourth-order valence-electron chi connectivity index (χ4n) is 1.18. The summed E-state index contributed by atoms with van der Waals surface area (Å²) in [7, 11) is 0. The quantitative estimate of drug-likeness (QED) is 0.853. The van der Waals surface area contributed by atoms with E-state index in [2.05, 4.69) is 9.72 Å². The molecule has 0 fully saturated rings. The smallest absolute Gasteiger partial charge is 0.481 e. The summed E-state index contributed by atoms with van der Waals surface area (Å²) in [6, 6.07) is 0. The summed E-state index contributed by atoms with van der Waals surface area (Å²) in [5.41, 5.74) is -1.16. The molecule has 9 heteroatoms. The fourth-order valence-corrected chi connectivity index (χ4v) is 1.18. The lowest BCUT2D eigenvalue weighted by molar-refractivity contribution is -0.277. The van der Waals surface area contributed by atoms with Crippen molar-refractivity contribution in [3.8, 4) is 5.88 Å². The van der Waals surface area contributed by atoms with Crippen molar-refractivity contribution >= 4 is 5.97 Å². The Bertz CT molecular complexity index is 460. The van der Waals surface area contributed by atoms with Gasteiger partial charge >= 0.3 is 12.3 Å². The molecule has 0 aliphatic carbocycles. The van der Waals surface area contributed by atoms with Crippen LogP contribution in [0.15, 0.2) is 6.20 Å². The molecule has 1 aromatic heterocycles. The maximum absolute atomic E-state index is 13.4. The Balaban J connectivity index is 3.15. The summed E-state index contributed by atoms with van der Waals surface area (Å²) in [6.07, 6.45) is -5.29. The standard InChI is InChI=1S/C9H6F5NO3/c10-2-5-4(1-6(16)17)3-15-8(7(5)11)18-9(12,13)14/h3H,1-2H2,(H,16,17). The van der Waals surface area contributed by atoms with E-state index in [1.165, 1.54) is 0 Å². The number of halogens is 5. The molecule has 0 radical (unpaired) electrons. The number of hydrogen-bond donors (Lipinski definition) is 1. The van der Waals surface area contributed by atoms with E-state index in [1.807, 2.05) is 0 Å². The molecule has 1 rings (SSSR count). The molecule has 0 bridgehead atoms. The molecule has 0 spiro atoms. The van der Waals surface area contributed by atoms with E-state index >= 15 is 0 Å². The number of ether oxygens (including phenoxy) is 1. The third kappa shape index (κ3) is 3.54. The number of carbonyl (C=O) groups is 1. The number of aromatic nitrogens is 1. The van der Waals surface area contributed by atoms with Crippen molar-refractivity contribution in [1.29, 1.82) is 0 Å². The van der Waals surface area contributed by atoms with Crippen LogP contribution in [0, 0.1) is 5.82 Å². The molecule has 0 aromatic carbocycles. The first kappa shape index (κ1) is 14.1. The normalized spacial score (nSPS) is 11.4. The second-order valence-corrected chi connectivity index (χ2v) is 3.13. The zero-order chi connectivity index (χ0) is 13.9. The van der Waals surface area contributed by atoms with Crippen LogP contribution >= 0.6 is 0 Å². The van der Waals surface area contributed by atoms with Gasteiger partial charge in [0.05, 0.1) is 6.42 Å². The van der Waals surface area contributed by atoms with Crippen molar-refractivity contribution in [3.63, 3.8) is 0 Å². The maximum atomic E-state index is 13.4. The first-order chi connectivity index (χ1) is 8.24. The lowest BCUT2D eigenvalue weighted by Gasteiger charge is -2.11. The van der Waals surface area contributed by atoms with E-state index < -0.39 is 42.7 Å². The van der Waals surface area contributed by atoms with Gasteiger partial charge in [0.2, 0.25) is 0 Å². The number of hydrogen-bond acceptors (Lipinski definition) is 3. The van der Waals surface area contributed by atoms with Gasteiger partial charge in [-0.1, -0.05) is 0 Å². The highest BCUT2D eigenvalue weighted by Crippen LogP contribution is 2.27. The highest BCUT2D eigenvalue weighted by Gasteiger charge is 2.34. The molecule has 0 saturated carbocycles. The van der Waals surface area contributed by atoms with Crippen LogP contribution < -0.4 is 4.74 Å². The van der Waals surface area contributed by atoms with Crippen LogP contribution in [0.1, 0.15) is 11.1 Å². The van der Waals surface area contributed by atoms with E-state index in [4.69, 9.17) is 5.11 Å². The minimum Gasteiger partial charge on any atom is -0.481 e. The Kier molecular flexibility index (Phi) is 4.04. The third-order valence-electron chi connectivity index (χ3n) is 1.87. The zero-order valence-electron chi connectivity index (χ0n) is 8.59. The van der Waals surface area contributed by atoms with Crippen LogP contribution in [0.4, 0.5) is 22.0 Å². The molecule has 0 amide bonds. The van der Waals surface area contributed by atoms with Crippen molar-refractivity contribution in [1.82, 2.24) is 4.98 Å². The summed E-state index contributed by atoms with van der Waals surface area (Å²) < 4.78 is 64.7. The Morgan fingerprint density at radius 3 is 2.50 bits per heavy atom. The van der Waals surface area contributed by atoms with Gasteiger partial charge < -0.3 is 9.84 Å². The van der Waals surface area contributed by atoms with Gasteiger partial charge in [0, 0.05) is 11.8 Å². The second kappa shape index (κ2) is 5.15. The number of carboxylic acid groups (broad SMARTS) is 1. The molecule has 0 atom stereocenters. The van der Waals surface area contributed by atoms with Crippen LogP contribution in [-0.4, -0.2) is 22.4 Å². The van der Waals surface area contributed by atoms with Gasteiger partial charge in [-0.15, -0.1) is 13.2 Å². The molecular weight excluding hydrogens is 265 g/mol. The predicted octanol–water partition coefficient (Wildman–Crippen LogP) is 2.22.